The second kappa shape index (κ2) is 10.2. The SMILES string of the molecule is CCOC(=O)C1=C(C)N=c2s/c(=C\c3cc(C)n(-c4ccccc4Cl)c3C)c(=O)n2[C@@H]1c1ccc(C)cc1. The van der Waals surface area contributed by atoms with Crippen molar-refractivity contribution in [3.63, 3.8) is 0 Å². The third kappa shape index (κ3) is 4.46. The Morgan fingerprint density at radius 3 is 2.50 bits per heavy atom. The van der Waals surface area contributed by atoms with Gasteiger partial charge in [-0.15, -0.1) is 0 Å². The number of halogens is 1. The molecular formula is C30H28ClN3O3S. The summed E-state index contributed by atoms with van der Waals surface area (Å²) in [5.74, 6) is -0.461. The summed E-state index contributed by atoms with van der Waals surface area (Å²) >= 11 is 7.81. The monoisotopic (exact) mass is 545 g/mol. The van der Waals surface area contributed by atoms with Crippen LogP contribution >= 0.6 is 22.9 Å². The molecule has 6 nitrogen and oxygen atoms in total. The minimum atomic E-state index is -0.622. The number of para-hydroxylation sites is 1. The van der Waals surface area contributed by atoms with Crippen molar-refractivity contribution in [1.82, 2.24) is 9.13 Å². The number of aromatic nitrogens is 2. The van der Waals surface area contributed by atoms with E-state index in [-0.39, 0.29) is 12.2 Å². The van der Waals surface area contributed by atoms with Crippen molar-refractivity contribution in [3.8, 4) is 5.69 Å². The molecule has 1 aliphatic heterocycles. The molecule has 2 aromatic carbocycles. The number of benzene rings is 2. The second-order valence-corrected chi connectivity index (χ2v) is 10.7. The van der Waals surface area contributed by atoms with E-state index in [1.165, 1.54) is 11.3 Å². The van der Waals surface area contributed by atoms with Crippen LogP contribution in [0.1, 0.15) is 48.0 Å². The van der Waals surface area contributed by atoms with Crippen molar-refractivity contribution >= 4 is 35.0 Å². The van der Waals surface area contributed by atoms with Gasteiger partial charge in [-0.05, 0) is 70.0 Å². The number of ether oxygens (including phenoxy) is 1. The Bertz CT molecular complexity index is 1770. The highest BCUT2D eigenvalue weighted by Crippen LogP contribution is 2.31. The molecule has 0 N–H and O–H groups in total. The Balaban J connectivity index is 1.70. The molecule has 0 spiro atoms. The Morgan fingerprint density at radius 1 is 1.11 bits per heavy atom. The lowest BCUT2D eigenvalue weighted by molar-refractivity contribution is -0.139. The van der Waals surface area contributed by atoms with E-state index in [1.807, 2.05) is 81.4 Å². The lowest BCUT2D eigenvalue weighted by Crippen LogP contribution is -2.39. The third-order valence-electron chi connectivity index (χ3n) is 6.76. The molecule has 0 amide bonds. The van der Waals surface area contributed by atoms with Crippen LogP contribution in [0, 0.1) is 20.8 Å². The zero-order valence-corrected chi connectivity index (χ0v) is 23.5. The summed E-state index contributed by atoms with van der Waals surface area (Å²) in [5, 5.41) is 0.653. The zero-order valence-electron chi connectivity index (χ0n) is 21.9. The van der Waals surface area contributed by atoms with Gasteiger partial charge >= 0.3 is 5.97 Å². The number of nitrogens with zero attached hydrogens (tertiary/aromatic N) is 3. The predicted molar refractivity (Wildman–Crippen MR) is 152 cm³/mol. The van der Waals surface area contributed by atoms with Crippen LogP contribution < -0.4 is 14.9 Å². The zero-order chi connectivity index (χ0) is 27.1. The maximum absolute atomic E-state index is 13.9. The highest BCUT2D eigenvalue weighted by atomic mass is 35.5. The third-order valence-corrected chi connectivity index (χ3v) is 8.06. The van der Waals surface area contributed by atoms with Crippen LogP contribution in [0.5, 0.6) is 0 Å². The van der Waals surface area contributed by atoms with Crippen LogP contribution in [-0.4, -0.2) is 21.7 Å². The first kappa shape index (κ1) is 25.9. The quantitative estimate of drug-likeness (QED) is 0.325. The molecule has 1 atom stereocenters. The summed E-state index contributed by atoms with van der Waals surface area (Å²) in [6.45, 7) is 9.83. The number of aryl methyl sites for hydroxylation is 2. The van der Waals surface area contributed by atoms with Crippen LogP contribution in [0.15, 0.2) is 75.7 Å². The average Bonchev–Trinajstić information content (AvgIpc) is 3.33. The number of carbonyl (C=O) groups excluding carboxylic acids is 1. The fourth-order valence-corrected chi connectivity index (χ4v) is 6.19. The summed E-state index contributed by atoms with van der Waals surface area (Å²) in [5.41, 5.74) is 6.44. The number of fused-ring (bicyclic) bond motifs is 1. The van der Waals surface area contributed by atoms with Gasteiger partial charge in [0.2, 0.25) is 0 Å². The van der Waals surface area contributed by atoms with Crippen molar-refractivity contribution in [2.24, 2.45) is 4.99 Å². The number of carbonyl (C=O) groups is 1. The van der Waals surface area contributed by atoms with E-state index in [0.29, 0.717) is 25.6 Å². The molecule has 8 heteroatoms. The lowest BCUT2D eigenvalue weighted by atomic mass is 9.95. The van der Waals surface area contributed by atoms with E-state index in [4.69, 9.17) is 16.3 Å². The van der Waals surface area contributed by atoms with Crippen LogP contribution in [-0.2, 0) is 9.53 Å². The molecular weight excluding hydrogens is 518 g/mol. The Kier molecular flexibility index (Phi) is 6.99. The number of hydrogen-bond donors (Lipinski definition) is 0. The van der Waals surface area contributed by atoms with Gasteiger partial charge in [-0.25, -0.2) is 9.79 Å². The molecule has 3 heterocycles. The van der Waals surface area contributed by atoms with Gasteiger partial charge in [-0.3, -0.25) is 9.36 Å². The minimum Gasteiger partial charge on any atom is -0.463 e. The van der Waals surface area contributed by atoms with Gasteiger partial charge in [-0.1, -0.05) is 64.9 Å². The molecule has 4 aromatic rings. The number of allylic oxidation sites excluding steroid dienone is 1. The van der Waals surface area contributed by atoms with Gasteiger partial charge in [0, 0.05) is 11.4 Å². The predicted octanol–water partition coefficient (Wildman–Crippen LogP) is 5.17. The topological polar surface area (TPSA) is 65.6 Å². The van der Waals surface area contributed by atoms with E-state index in [2.05, 4.69) is 9.56 Å². The molecule has 0 saturated carbocycles. The number of esters is 1. The highest BCUT2D eigenvalue weighted by Gasteiger charge is 2.33. The maximum Gasteiger partial charge on any atom is 0.338 e. The summed E-state index contributed by atoms with van der Waals surface area (Å²) in [6, 6.07) is 17.0. The molecule has 0 aliphatic carbocycles. The lowest BCUT2D eigenvalue weighted by Gasteiger charge is -2.24. The summed E-state index contributed by atoms with van der Waals surface area (Å²) in [6.07, 6.45) is 1.90. The Morgan fingerprint density at radius 2 is 1.82 bits per heavy atom. The van der Waals surface area contributed by atoms with Crippen molar-refractivity contribution < 1.29 is 9.53 Å². The van der Waals surface area contributed by atoms with Crippen molar-refractivity contribution in [2.45, 2.75) is 40.7 Å². The summed E-state index contributed by atoms with van der Waals surface area (Å²) < 4.78 is 9.62. The van der Waals surface area contributed by atoms with E-state index in [9.17, 15) is 9.59 Å². The van der Waals surface area contributed by atoms with Gasteiger partial charge in [0.1, 0.15) is 0 Å². The van der Waals surface area contributed by atoms with Gasteiger partial charge in [0.25, 0.3) is 5.56 Å². The largest absolute Gasteiger partial charge is 0.463 e. The molecule has 0 fully saturated rings. The molecule has 0 unspecified atom stereocenters. The summed E-state index contributed by atoms with van der Waals surface area (Å²) in [7, 11) is 0. The summed E-state index contributed by atoms with van der Waals surface area (Å²) in [4.78, 5) is 32.2. The Labute approximate surface area is 229 Å². The molecule has 1 aliphatic rings. The highest BCUT2D eigenvalue weighted by molar-refractivity contribution is 7.07. The molecule has 5 rings (SSSR count). The fourth-order valence-electron chi connectivity index (χ4n) is 4.93. The first-order chi connectivity index (χ1) is 18.2. The van der Waals surface area contributed by atoms with Crippen LogP contribution in [0.25, 0.3) is 11.8 Å². The molecule has 0 radical (unpaired) electrons. The van der Waals surface area contributed by atoms with Gasteiger partial charge < -0.3 is 9.30 Å². The van der Waals surface area contributed by atoms with Gasteiger partial charge in [0.05, 0.1) is 39.2 Å². The molecule has 38 heavy (non-hydrogen) atoms. The normalized spacial score (nSPS) is 15.4. The molecule has 194 valence electrons. The van der Waals surface area contributed by atoms with Crippen molar-refractivity contribution in [3.05, 3.63) is 119 Å². The van der Waals surface area contributed by atoms with E-state index >= 15 is 0 Å². The maximum atomic E-state index is 13.9. The molecule has 2 aromatic heterocycles. The number of hydrogen-bond acceptors (Lipinski definition) is 5. The van der Waals surface area contributed by atoms with Crippen LogP contribution in [0.2, 0.25) is 5.02 Å². The van der Waals surface area contributed by atoms with E-state index in [0.717, 1.165) is 33.8 Å². The van der Waals surface area contributed by atoms with Gasteiger partial charge in [0.15, 0.2) is 4.80 Å². The smallest absolute Gasteiger partial charge is 0.338 e. The van der Waals surface area contributed by atoms with Crippen molar-refractivity contribution in [2.75, 3.05) is 6.61 Å². The standard InChI is InChI=1S/C30H28ClN3O3S/c1-6-37-29(36)26-19(4)32-30-34(27(26)21-13-11-17(2)12-14-21)28(35)25(38-30)16-22-15-18(3)33(20(22)5)24-10-8-7-9-23(24)31/h7-16,27H,6H2,1-5H3/b25-16-/t27-/m1/s1. The first-order valence-electron chi connectivity index (χ1n) is 12.4. The minimum absolute atomic E-state index is 0.198. The Hall–Kier alpha value is -3.68. The molecule has 0 saturated heterocycles. The number of thiazole rings is 1. The van der Waals surface area contributed by atoms with Crippen LogP contribution in [0.3, 0.4) is 0 Å². The van der Waals surface area contributed by atoms with E-state index in [1.54, 1.807) is 18.4 Å². The number of rotatable bonds is 5. The van der Waals surface area contributed by atoms with E-state index < -0.39 is 12.0 Å². The average molecular weight is 546 g/mol. The molecule has 0 bridgehead atoms. The van der Waals surface area contributed by atoms with Crippen molar-refractivity contribution in [1.29, 1.82) is 0 Å². The first-order valence-corrected chi connectivity index (χ1v) is 13.6. The van der Waals surface area contributed by atoms with Crippen LogP contribution in [0.4, 0.5) is 0 Å². The second-order valence-electron chi connectivity index (χ2n) is 9.33. The fraction of sp³-hybridized carbons (Fsp3) is 0.233. The van der Waals surface area contributed by atoms with Gasteiger partial charge in [-0.2, -0.15) is 0 Å².